The molecule has 0 aromatic carbocycles. The molecule has 3 N–H and O–H groups in total. The Hall–Kier alpha value is -2.12. The van der Waals surface area contributed by atoms with Gasteiger partial charge in [0.2, 0.25) is 0 Å². The third-order valence-corrected chi connectivity index (χ3v) is 2.24. The number of aromatic amines is 1. The fourth-order valence-corrected chi connectivity index (χ4v) is 1.41. The van der Waals surface area contributed by atoms with Gasteiger partial charge in [0.05, 0.1) is 13.0 Å². The van der Waals surface area contributed by atoms with Crippen molar-refractivity contribution in [2.45, 2.75) is 32.4 Å². The Labute approximate surface area is 104 Å². The zero-order chi connectivity index (χ0) is 13.8. The molecule has 0 spiro atoms. The molecular formula is C10H17N5O3. The van der Waals surface area contributed by atoms with Gasteiger partial charge >= 0.3 is 12.0 Å². The first-order valence-electron chi connectivity index (χ1n) is 5.39. The monoisotopic (exact) mass is 255 g/mol. The molecule has 0 radical (unpaired) electrons. The molecule has 1 heterocycles. The molecule has 0 atom stereocenters. The van der Waals surface area contributed by atoms with E-state index in [1.807, 2.05) is 0 Å². The normalized spacial score (nSPS) is 11.1. The van der Waals surface area contributed by atoms with E-state index in [0.29, 0.717) is 5.82 Å². The fraction of sp³-hybridized carbons (Fsp3) is 0.600. The Morgan fingerprint density at radius 3 is 2.72 bits per heavy atom. The Kier molecular flexibility index (Phi) is 4.24. The molecule has 0 aliphatic heterocycles. The van der Waals surface area contributed by atoms with Gasteiger partial charge in [-0.2, -0.15) is 5.10 Å². The summed E-state index contributed by atoms with van der Waals surface area (Å²) in [6, 6.07) is -0.363. The van der Waals surface area contributed by atoms with Crippen LogP contribution in [0.2, 0.25) is 0 Å². The summed E-state index contributed by atoms with van der Waals surface area (Å²) in [4.78, 5) is 27.8. The maximum Gasteiger partial charge on any atom is 0.317 e. The molecule has 0 saturated heterocycles. The number of aliphatic carboxylic acids is 1. The quantitative estimate of drug-likeness (QED) is 0.696. The standard InChI is InChI=1S/C10H17N5O3/c1-10(2,4-8(16)17)13-9(18)15(3)5-7-11-6-12-14-7/h6H,4-5H2,1-3H3,(H,13,18)(H,16,17)(H,11,12,14). The lowest BCUT2D eigenvalue weighted by molar-refractivity contribution is -0.138. The smallest absolute Gasteiger partial charge is 0.317 e. The second-order valence-electron chi connectivity index (χ2n) is 4.67. The SMILES string of the molecule is CN(Cc1ncn[nH]1)C(=O)NC(C)(C)CC(=O)O. The van der Waals surface area contributed by atoms with Crippen LogP contribution in [-0.2, 0) is 11.3 Å². The predicted octanol–water partition coefficient (Wildman–Crippen LogP) is 0.199. The van der Waals surface area contributed by atoms with Gasteiger partial charge in [0.25, 0.3) is 0 Å². The molecule has 0 saturated carbocycles. The molecule has 0 aliphatic carbocycles. The third-order valence-electron chi connectivity index (χ3n) is 2.24. The largest absolute Gasteiger partial charge is 0.481 e. The molecule has 0 fully saturated rings. The van der Waals surface area contributed by atoms with Crippen LogP contribution in [0.1, 0.15) is 26.1 Å². The van der Waals surface area contributed by atoms with E-state index in [1.165, 1.54) is 11.2 Å². The predicted molar refractivity (Wildman–Crippen MR) is 62.7 cm³/mol. The Balaban J connectivity index is 2.51. The number of hydrogen-bond acceptors (Lipinski definition) is 4. The van der Waals surface area contributed by atoms with Crippen LogP contribution in [0.3, 0.4) is 0 Å². The summed E-state index contributed by atoms with van der Waals surface area (Å²) in [6.07, 6.45) is 1.21. The van der Waals surface area contributed by atoms with Crippen LogP contribution in [0.25, 0.3) is 0 Å². The van der Waals surface area contributed by atoms with E-state index < -0.39 is 11.5 Å². The molecule has 18 heavy (non-hydrogen) atoms. The highest BCUT2D eigenvalue weighted by molar-refractivity contribution is 5.76. The number of amides is 2. The number of carbonyl (C=O) groups excluding carboxylic acids is 1. The van der Waals surface area contributed by atoms with E-state index >= 15 is 0 Å². The first-order chi connectivity index (χ1) is 8.30. The Morgan fingerprint density at radius 2 is 2.22 bits per heavy atom. The zero-order valence-electron chi connectivity index (χ0n) is 10.6. The number of nitrogens with zero attached hydrogens (tertiary/aromatic N) is 3. The molecule has 1 aromatic heterocycles. The molecule has 1 rings (SSSR count). The van der Waals surface area contributed by atoms with Gasteiger partial charge in [-0.25, -0.2) is 9.78 Å². The number of aromatic nitrogens is 3. The average molecular weight is 255 g/mol. The van der Waals surface area contributed by atoms with Crippen LogP contribution in [0.15, 0.2) is 6.33 Å². The fourth-order valence-electron chi connectivity index (χ4n) is 1.41. The number of rotatable bonds is 5. The van der Waals surface area contributed by atoms with Crippen molar-refractivity contribution < 1.29 is 14.7 Å². The molecule has 2 amide bonds. The topological polar surface area (TPSA) is 111 Å². The second kappa shape index (κ2) is 5.48. The Morgan fingerprint density at radius 1 is 1.56 bits per heavy atom. The molecule has 8 heteroatoms. The van der Waals surface area contributed by atoms with Crippen molar-refractivity contribution in [2.75, 3.05) is 7.05 Å². The van der Waals surface area contributed by atoms with E-state index in [0.717, 1.165) is 0 Å². The van der Waals surface area contributed by atoms with Gasteiger partial charge < -0.3 is 15.3 Å². The van der Waals surface area contributed by atoms with Crippen LogP contribution >= 0.6 is 0 Å². The Bertz CT molecular complexity index is 415. The van der Waals surface area contributed by atoms with Crippen molar-refractivity contribution in [3.63, 3.8) is 0 Å². The lowest BCUT2D eigenvalue weighted by atomic mass is 10.0. The maximum atomic E-state index is 11.8. The third kappa shape index (κ3) is 4.40. The van der Waals surface area contributed by atoms with Gasteiger partial charge in [0, 0.05) is 12.6 Å². The average Bonchev–Trinajstić information content (AvgIpc) is 2.67. The first-order valence-corrected chi connectivity index (χ1v) is 5.39. The minimum Gasteiger partial charge on any atom is -0.481 e. The van der Waals surface area contributed by atoms with E-state index in [-0.39, 0.29) is 19.0 Å². The minimum absolute atomic E-state index is 0.144. The first kappa shape index (κ1) is 13.9. The number of hydrogen-bond donors (Lipinski definition) is 3. The highest BCUT2D eigenvalue weighted by Gasteiger charge is 2.25. The van der Waals surface area contributed by atoms with E-state index in [9.17, 15) is 9.59 Å². The highest BCUT2D eigenvalue weighted by Crippen LogP contribution is 2.09. The summed E-state index contributed by atoms with van der Waals surface area (Å²) >= 11 is 0. The van der Waals surface area contributed by atoms with Gasteiger partial charge in [-0.05, 0) is 13.8 Å². The highest BCUT2D eigenvalue weighted by atomic mass is 16.4. The lowest BCUT2D eigenvalue weighted by Crippen LogP contribution is -2.49. The minimum atomic E-state index is -0.960. The number of urea groups is 1. The van der Waals surface area contributed by atoms with E-state index in [4.69, 9.17) is 5.11 Å². The van der Waals surface area contributed by atoms with Crippen LogP contribution < -0.4 is 5.32 Å². The summed E-state index contributed by atoms with van der Waals surface area (Å²) in [6.45, 7) is 3.58. The number of nitrogens with one attached hydrogen (secondary N) is 2. The van der Waals surface area contributed by atoms with Gasteiger partial charge in [-0.15, -0.1) is 0 Å². The summed E-state index contributed by atoms with van der Waals surface area (Å²) in [7, 11) is 1.59. The lowest BCUT2D eigenvalue weighted by Gasteiger charge is -2.27. The van der Waals surface area contributed by atoms with E-state index in [1.54, 1.807) is 20.9 Å². The molecule has 0 bridgehead atoms. The van der Waals surface area contributed by atoms with Crippen LogP contribution in [0.4, 0.5) is 4.79 Å². The molecule has 8 nitrogen and oxygen atoms in total. The van der Waals surface area contributed by atoms with E-state index in [2.05, 4.69) is 20.5 Å². The second-order valence-corrected chi connectivity index (χ2v) is 4.67. The number of H-pyrrole nitrogens is 1. The zero-order valence-corrected chi connectivity index (χ0v) is 10.6. The van der Waals surface area contributed by atoms with Gasteiger partial charge in [-0.3, -0.25) is 9.89 Å². The van der Waals surface area contributed by atoms with Gasteiger partial charge in [-0.1, -0.05) is 0 Å². The van der Waals surface area contributed by atoms with Gasteiger partial charge in [0.1, 0.15) is 12.2 Å². The maximum absolute atomic E-state index is 11.8. The molecule has 100 valence electrons. The summed E-state index contributed by atoms with van der Waals surface area (Å²) in [5, 5.41) is 17.7. The van der Waals surface area contributed by atoms with Crippen molar-refractivity contribution in [3.8, 4) is 0 Å². The molecular weight excluding hydrogens is 238 g/mol. The van der Waals surface area contributed by atoms with Crippen LogP contribution in [-0.4, -0.2) is 49.8 Å². The van der Waals surface area contributed by atoms with Gasteiger partial charge in [0.15, 0.2) is 0 Å². The number of carboxylic acid groups (broad SMARTS) is 1. The number of carboxylic acids is 1. The van der Waals surface area contributed by atoms with Crippen molar-refractivity contribution in [1.82, 2.24) is 25.4 Å². The summed E-state index contributed by atoms with van der Waals surface area (Å²) in [5.74, 6) is -0.401. The summed E-state index contributed by atoms with van der Waals surface area (Å²) < 4.78 is 0. The van der Waals surface area contributed by atoms with Crippen molar-refractivity contribution in [1.29, 1.82) is 0 Å². The van der Waals surface area contributed by atoms with Crippen LogP contribution in [0, 0.1) is 0 Å². The van der Waals surface area contributed by atoms with Crippen molar-refractivity contribution in [3.05, 3.63) is 12.2 Å². The molecule has 0 aliphatic rings. The molecule has 0 unspecified atom stereocenters. The molecule has 1 aromatic rings. The van der Waals surface area contributed by atoms with Crippen molar-refractivity contribution >= 4 is 12.0 Å². The van der Waals surface area contributed by atoms with Crippen LogP contribution in [0.5, 0.6) is 0 Å². The summed E-state index contributed by atoms with van der Waals surface area (Å²) in [5.41, 5.74) is -0.807. The number of carbonyl (C=O) groups is 2. The van der Waals surface area contributed by atoms with Crippen molar-refractivity contribution in [2.24, 2.45) is 0 Å².